The number of aromatic nitrogens is 2. The lowest BCUT2D eigenvalue weighted by atomic mass is 10.1. The molecule has 0 aliphatic carbocycles. The van der Waals surface area contributed by atoms with Gasteiger partial charge in [0.25, 0.3) is 0 Å². The van der Waals surface area contributed by atoms with E-state index in [1.807, 2.05) is 48.1 Å². The number of urea groups is 1. The number of nitrogens with zero attached hydrogens (tertiary/aromatic N) is 2. The quantitative estimate of drug-likeness (QED) is 0.771. The first-order chi connectivity index (χ1) is 12.1. The van der Waals surface area contributed by atoms with Crippen LogP contribution in [-0.4, -0.2) is 34.3 Å². The molecule has 2 atom stereocenters. The molecule has 3 rings (SSSR count). The minimum Gasteiger partial charge on any atom is -0.354 e. The summed E-state index contributed by atoms with van der Waals surface area (Å²) in [6.07, 6.45) is 5.22. The third kappa shape index (κ3) is 4.59. The van der Waals surface area contributed by atoms with Crippen LogP contribution in [0, 0.1) is 0 Å². The number of carbonyl (C=O) groups is 2. The fraction of sp³-hybridized carbons (Fsp3) is 0.389. The van der Waals surface area contributed by atoms with Crippen LogP contribution >= 0.6 is 0 Å². The Morgan fingerprint density at radius 3 is 2.96 bits per heavy atom. The number of piperidine rings is 1. The molecule has 0 spiro atoms. The predicted octanol–water partition coefficient (Wildman–Crippen LogP) is 1.57. The molecule has 1 fully saturated rings. The Bertz CT molecular complexity index is 728. The summed E-state index contributed by atoms with van der Waals surface area (Å²) < 4.78 is 1.84. The zero-order valence-corrected chi connectivity index (χ0v) is 14.2. The van der Waals surface area contributed by atoms with Gasteiger partial charge >= 0.3 is 6.03 Å². The van der Waals surface area contributed by atoms with Crippen LogP contribution in [0.15, 0.2) is 42.7 Å². The van der Waals surface area contributed by atoms with Gasteiger partial charge in [0.2, 0.25) is 5.91 Å². The van der Waals surface area contributed by atoms with E-state index in [2.05, 4.69) is 21.0 Å². The van der Waals surface area contributed by atoms with Gasteiger partial charge in [-0.2, -0.15) is 5.10 Å². The molecule has 2 aromatic rings. The second kappa shape index (κ2) is 7.83. The topological polar surface area (TPSA) is 88.1 Å². The van der Waals surface area contributed by atoms with E-state index in [-0.39, 0.29) is 18.0 Å². The van der Waals surface area contributed by atoms with E-state index >= 15 is 0 Å². The van der Waals surface area contributed by atoms with Gasteiger partial charge in [0.05, 0.1) is 18.8 Å². The van der Waals surface area contributed by atoms with Crippen LogP contribution in [-0.2, 0) is 11.3 Å². The van der Waals surface area contributed by atoms with Crippen LogP contribution in [0.1, 0.15) is 36.9 Å². The van der Waals surface area contributed by atoms with Crippen LogP contribution in [0.25, 0.3) is 0 Å². The van der Waals surface area contributed by atoms with Gasteiger partial charge in [0.15, 0.2) is 0 Å². The molecule has 0 bridgehead atoms. The summed E-state index contributed by atoms with van der Waals surface area (Å²) in [6, 6.07) is 9.07. The maximum atomic E-state index is 12.1. The Hall–Kier alpha value is -2.83. The molecule has 7 nitrogen and oxygen atoms in total. The van der Waals surface area contributed by atoms with Gasteiger partial charge in [-0.25, -0.2) is 4.79 Å². The smallest absolute Gasteiger partial charge is 0.315 e. The van der Waals surface area contributed by atoms with E-state index in [1.54, 1.807) is 6.20 Å². The van der Waals surface area contributed by atoms with Crippen LogP contribution in [0.5, 0.6) is 0 Å². The molecule has 1 aliphatic rings. The highest BCUT2D eigenvalue weighted by molar-refractivity contribution is 5.87. The Morgan fingerprint density at radius 1 is 1.40 bits per heavy atom. The molecule has 25 heavy (non-hydrogen) atoms. The highest BCUT2D eigenvalue weighted by atomic mass is 16.2. The third-order valence-electron chi connectivity index (χ3n) is 4.28. The van der Waals surface area contributed by atoms with Gasteiger partial charge in [-0.05, 0) is 25.3 Å². The first kappa shape index (κ1) is 17.0. The third-order valence-corrected chi connectivity index (χ3v) is 4.28. The van der Waals surface area contributed by atoms with Gasteiger partial charge in [-0.3, -0.25) is 9.48 Å². The molecule has 0 radical (unpaired) electrons. The van der Waals surface area contributed by atoms with Gasteiger partial charge in [0, 0.05) is 18.3 Å². The van der Waals surface area contributed by atoms with Crippen molar-refractivity contribution in [2.24, 2.45) is 0 Å². The average molecular weight is 341 g/mol. The second-order valence-corrected chi connectivity index (χ2v) is 6.28. The molecule has 1 saturated heterocycles. The van der Waals surface area contributed by atoms with Crippen molar-refractivity contribution in [1.29, 1.82) is 0 Å². The van der Waals surface area contributed by atoms with E-state index in [1.165, 1.54) is 5.56 Å². The van der Waals surface area contributed by atoms with Crippen molar-refractivity contribution < 1.29 is 9.59 Å². The van der Waals surface area contributed by atoms with Crippen molar-refractivity contribution in [3.8, 4) is 0 Å². The molecule has 1 aliphatic heterocycles. The van der Waals surface area contributed by atoms with Gasteiger partial charge in [0.1, 0.15) is 6.04 Å². The van der Waals surface area contributed by atoms with E-state index in [0.717, 1.165) is 12.0 Å². The summed E-state index contributed by atoms with van der Waals surface area (Å²) in [5.41, 5.74) is 2.08. The first-order valence-corrected chi connectivity index (χ1v) is 8.53. The molecule has 1 aromatic carbocycles. The standard InChI is InChI=1S/C18H23N5O2/c1-13(21-18(25)22-16-8-5-9-19-17(16)24)15-10-20-23(12-15)11-14-6-3-2-4-7-14/h2-4,6-7,10,12-13,16H,5,8-9,11H2,1H3,(H,19,24)(H2,21,22,25)/t13-,16+/m0/s1. The second-order valence-electron chi connectivity index (χ2n) is 6.28. The Balaban J connectivity index is 1.53. The molecule has 3 N–H and O–H groups in total. The van der Waals surface area contributed by atoms with Crippen molar-refractivity contribution in [3.63, 3.8) is 0 Å². The molecular formula is C18H23N5O2. The van der Waals surface area contributed by atoms with Crippen molar-refractivity contribution in [2.75, 3.05) is 6.54 Å². The monoisotopic (exact) mass is 341 g/mol. The predicted molar refractivity (Wildman–Crippen MR) is 93.9 cm³/mol. The van der Waals surface area contributed by atoms with Crippen LogP contribution in [0.2, 0.25) is 0 Å². The highest BCUT2D eigenvalue weighted by Gasteiger charge is 2.24. The summed E-state index contributed by atoms with van der Waals surface area (Å²) >= 11 is 0. The number of rotatable bonds is 5. The first-order valence-electron chi connectivity index (χ1n) is 8.53. The Morgan fingerprint density at radius 2 is 2.20 bits per heavy atom. The molecule has 3 amide bonds. The summed E-state index contributed by atoms with van der Waals surface area (Å²) in [7, 11) is 0. The molecule has 7 heteroatoms. The lowest BCUT2D eigenvalue weighted by molar-refractivity contribution is -0.124. The number of nitrogens with one attached hydrogen (secondary N) is 3. The maximum absolute atomic E-state index is 12.1. The molecule has 1 aromatic heterocycles. The van der Waals surface area contributed by atoms with E-state index in [0.29, 0.717) is 19.5 Å². The number of hydrogen-bond donors (Lipinski definition) is 3. The van der Waals surface area contributed by atoms with E-state index in [4.69, 9.17) is 0 Å². The lowest BCUT2D eigenvalue weighted by Crippen LogP contribution is -2.52. The summed E-state index contributed by atoms with van der Waals surface area (Å²) in [4.78, 5) is 23.8. The Kier molecular flexibility index (Phi) is 5.33. The SMILES string of the molecule is C[C@H](NC(=O)N[C@@H]1CCCNC1=O)c1cnn(Cc2ccccc2)c1. The molecular weight excluding hydrogens is 318 g/mol. The van der Waals surface area contributed by atoms with Crippen LogP contribution < -0.4 is 16.0 Å². The zero-order chi connectivity index (χ0) is 17.6. The molecule has 132 valence electrons. The van der Waals surface area contributed by atoms with Crippen molar-refractivity contribution in [3.05, 3.63) is 53.9 Å². The number of hydrogen-bond acceptors (Lipinski definition) is 3. The fourth-order valence-electron chi connectivity index (χ4n) is 2.85. The number of benzene rings is 1. The Labute approximate surface area is 146 Å². The summed E-state index contributed by atoms with van der Waals surface area (Å²) in [6.45, 7) is 3.25. The van der Waals surface area contributed by atoms with Crippen molar-refractivity contribution in [1.82, 2.24) is 25.7 Å². The summed E-state index contributed by atoms with van der Waals surface area (Å²) in [5.74, 6) is -0.121. The minimum atomic E-state index is -0.457. The van der Waals surface area contributed by atoms with Crippen LogP contribution in [0.4, 0.5) is 4.79 Å². The van der Waals surface area contributed by atoms with Crippen molar-refractivity contribution in [2.45, 2.75) is 38.4 Å². The normalized spacial score (nSPS) is 18.3. The zero-order valence-electron chi connectivity index (χ0n) is 14.2. The lowest BCUT2D eigenvalue weighted by Gasteiger charge is -2.23. The van der Waals surface area contributed by atoms with Crippen LogP contribution in [0.3, 0.4) is 0 Å². The van der Waals surface area contributed by atoms with E-state index in [9.17, 15) is 9.59 Å². The van der Waals surface area contributed by atoms with Gasteiger partial charge < -0.3 is 16.0 Å². The minimum absolute atomic E-state index is 0.121. The average Bonchev–Trinajstić information content (AvgIpc) is 3.06. The molecule has 0 unspecified atom stereocenters. The van der Waals surface area contributed by atoms with E-state index < -0.39 is 6.04 Å². The summed E-state index contributed by atoms with van der Waals surface area (Å²) in [5, 5.41) is 12.7. The largest absolute Gasteiger partial charge is 0.354 e. The number of carbonyl (C=O) groups excluding carboxylic acids is 2. The van der Waals surface area contributed by atoms with Gasteiger partial charge in [-0.15, -0.1) is 0 Å². The highest BCUT2D eigenvalue weighted by Crippen LogP contribution is 2.12. The van der Waals surface area contributed by atoms with Gasteiger partial charge in [-0.1, -0.05) is 30.3 Å². The molecule has 2 heterocycles. The van der Waals surface area contributed by atoms with Crippen molar-refractivity contribution >= 4 is 11.9 Å². The maximum Gasteiger partial charge on any atom is 0.315 e. The fourth-order valence-corrected chi connectivity index (χ4v) is 2.85. The number of amides is 3. The molecule has 0 saturated carbocycles.